The molecule has 0 heterocycles. The summed E-state index contributed by atoms with van der Waals surface area (Å²) in [5.41, 5.74) is 5.87. The van der Waals surface area contributed by atoms with Crippen LogP contribution in [0, 0.1) is 22.7 Å². The maximum atomic E-state index is 12.1. The van der Waals surface area contributed by atoms with Gasteiger partial charge in [-0.3, -0.25) is 4.79 Å². The van der Waals surface area contributed by atoms with Crippen molar-refractivity contribution in [3.63, 3.8) is 0 Å². The van der Waals surface area contributed by atoms with Gasteiger partial charge < -0.3 is 11.1 Å². The number of nitrogens with one attached hydrogen (secondary N) is 1. The van der Waals surface area contributed by atoms with Gasteiger partial charge in [0.25, 0.3) is 0 Å². The molecule has 0 aliphatic heterocycles. The Morgan fingerprint density at radius 2 is 1.69 bits per heavy atom. The second-order valence-corrected chi connectivity index (χ2v) is 6.47. The summed E-state index contributed by atoms with van der Waals surface area (Å²) < 4.78 is 0. The van der Waals surface area contributed by atoms with Crippen LogP contribution in [0.5, 0.6) is 0 Å². The van der Waals surface area contributed by atoms with Gasteiger partial charge in [0.1, 0.15) is 0 Å². The number of carbonyl (C=O) groups is 1. The normalized spacial score (nSPS) is 24.2. The molecule has 0 aromatic rings. The minimum Gasteiger partial charge on any atom is -0.352 e. The fourth-order valence-electron chi connectivity index (χ4n) is 2.62. The second kappa shape index (κ2) is 4.02. The Kier molecular flexibility index (Phi) is 3.39. The molecule has 1 saturated carbocycles. The summed E-state index contributed by atoms with van der Waals surface area (Å²) in [6, 6.07) is 0.0969. The first-order chi connectivity index (χ1) is 7.16. The zero-order valence-electron chi connectivity index (χ0n) is 11.4. The lowest BCUT2D eigenvalue weighted by molar-refractivity contribution is -0.124. The van der Waals surface area contributed by atoms with Gasteiger partial charge in [-0.15, -0.1) is 0 Å². The van der Waals surface area contributed by atoms with E-state index in [9.17, 15) is 4.79 Å². The van der Waals surface area contributed by atoms with Crippen LogP contribution in [0.4, 0.5) is 0 Å². The summed E-state index contributed by atoms with van der Waals surface area (Å²) in [5, 5.41) is 3.08. The van der Waals surface area contributed by atoms with E-state index >= 15 is 0 Å². The lowest BCUT2D eigenvalue weighted by Crippen LogP contribution is -2.45. The monoisotopic (exact) mass is 226 g/mol. The van der Waals surface area contributed by atoms with Gasteiger partial charge in [0.05, 0.1) is 0 Å². The highest BCUT2D eigenvalue weighted by atomic mass is 16.2. The van der Waals surface area contributed by atoms with Crippen molar-refractivity contribution in [2.45, 2.75) is 47.6 Å². The number of amides is 1. The van der Waals surface area contributed by atoms with Crippen molar-refractivity contribution < 1.29 is 4.79 Å². The molecular formula is C13H26N2O. The minimum absolute atomic E-state index is 0.0969. The van der Waals surface area contributed by atoms with Crippen LogP contribution in [0.2, 0.25) is 0 Å². The molecule has 0 saturated heterocycles. The molecule has 3 nitrogen and oxygen atoms in total. The molecule has 0 bridgehead atoms. The van der Waals surface area contributed by atoms with E-state index in [4.69, 9.17) is 5.73 Å². The number of hydrogen-bond donors (Lipinski definition) is 2. The third-order valence-electron chi connectivity index (χ3n) is 4.67. The number of nitrogens with two attached hydrogens (primary N) is 1. The Hall–Kier alpha value is -0.570. The van der Waals surface area contributed by atoms with Crippen LogP contribution in [0.15, 0.2) is 0 Å². The summed E-state index contributed by atoms with van der Waals surface area (Å²) in [6.45, 7) is 13.3. The smallest absolute Gasteiger partial charge is 0.224 e. The number of hydrogen-bond acceptors (Lipinski definition) is 2. The van der Waals surface area contributed by atoms with Crippen molar-refractivity contribution in [1.29, 1.82) is 0 Å². The molecule has 1 aliphatic rings. The zero-order valence-corrected chi connectivity index (χ0v) is 11.4. The van der Waals surface area contributed by atoms with Crippen LogP contribution in [-0.2, 0) is 4.79 Å². The molecule has 16 heavy (non-hydrogen) atoms. The molecule has 1 atom stereocenters. The molecule has 3 heteroatoms. The highest BCUT2D eigenvalue weighted by Gasteiger charge is 2.68. The van der Waals surface area contributed by atoms with Crippen LogP contribution in [0.3, 0.4) is 0 Å². The molecule has 3 N–H and O–H groups in total. The number of rotatable bonds is 4. The van der Waals surface area contributed by atoms with Crippen molar-refractivity contribution >= 4 is 5.91 Å². The van der Waals surface area contributed by atoms with Gasteiger partial charge in [-0.05, 0) is 16.7 Å². The largest absolute Gasteiger partial charge is 0.352 e. The fourth-order valence-corrected chi connectivity index (χ4v) is 2.62. The van der Waals surface area contributed by atoms with Gasteiger partial charge in [0, 0.05) is 18.5 Å². The summed E-state index contributed by atoms with van der Waals surface area (Å²) in [6.07, 6.45) is 0. The van der Waals surface area contributed by atoms with Crippen LogP contribution in [0.1, 0.15) is 41.5 Å². The van der Waals surface area contributed by atoms with Crippen molar-refractivity contribution in [2.24, 2.45) is 28.4 Å². The molecule has 0 spiro atoms. The summed E-state index contributed by atoms with van der Waals surface area (Å²) >= 11 is 0. The molecule has 0 radical (unpaired) electrons. The van der Waals surface area contributed by atoms with E-state index in [0.717, 1.165) is 0 Å². The van der Waals surface area contributed by atoms with Crippen LogP contribution < -0.4 is 11.1 Å². The number of carbonyl (C=O) groups excluding carboxylic acids is 1. The van der Waals surface area contributed by atoms with E-state index in [1.54, 1.807) is 0 Å². The SMILES string of the molecule is CC(C)C(CN)NC(=O)C1C(C)(C)C1(C)C. The van der Waals surface area contributed by atoms with E-state index in [1.165, 1.54) is 0 Å². The first kappa shape index (κ1) is 13.5. The molecule has 1 fully saturated rings. The summed E-state index contributed by atoms with van der Waals surface area (Å²) in [7, 11) is 0. The molecule has 0 aromatic carbocycles. The Bertz CT molecular complexity index is 268. The van der Waals surface area contributed by atoms with E-state index in [1.807, 2.05) is 0 Å². The summed E-state index contributed by atoms with van der Waals surface area (Å²) in [5.74, 6) is 0.672. The molecule has 1 amide bonds. The average molecular weight is 226 g/mol. The Balaban J connectivity index is 2.62. The van der Waals surface area contributed by atoms with Gasteiger partial charge in [-0.1, -0.05) is 41.5 Å². The lowest BCUT2D eigenvalue weighted by Gasteiger charge is -2.21. The predicted molar refractivity (Wildman–Crippen MR) is 66.9 cm³/mol. The third-order valence-corrected chi connectivity index (χ3v) is 4.67. The Morgan fingerprint density at radius 1 is 1.25 bits per heavy atom. The minimum atomic E-state index is 0.0969. The Labute approximate surface area is 99.2 Å². The quantitative estimate of drug-likeness (QED) is 0.767. The highest BCUT2D eigenvalue weighted by Crippen LogP contribution is 2.68. The second-order valence-electron chi connectivity index (χ2n) is 6.47. The molecule has 1 unspecified atom stereocenters. The summed E-state index contributed by atoms with van der Waals surface area (Å²) in [4.78, 5) is 12.1. The predicted octanol–water partition coefficient (Wildman–Crippen LogP) is 1.77. The average Bonchev–Trinajstić information content (AvgIpc) is 2.52. The van der Waals surface area contributed by atoms with E-state index < -0.39 is 0 Å². The lowest BCUT2D eigenvalue weighted by atomic mass is 10.0. The van der Waals surface area contributed by atoms with Crippen molar-refractivity contribution in [3.05, 3.63) is 0 Å². The van der Waals surface area contributed by atoms with Gasteiger partial charge in [-0.2, -0.15) is 0 Å². The molecule has 1 rings (SSSR count). The molecular weight excluding hydrogens is 200 g/mol. The van der Waals surface area contributed by atoms with Gasteiger partial charge in [0.15, 0.2) is 0 Å². The van der Waals surface area contributed by atoms with Crippen LogP contribution in [0.25, 0.3) is 0 Å². The third kappa shape index (κ3) is 1.97. The fraction of sp³-hybridized carbons (Fsp3) is 0.923. The highest BCUT2D eigenvalue weighted by molar-refractivity contribution is 5.84. The maximum Gasteiger partial charge on any atom is 0.224 e. The van der Waals surface area contributed by atoms with Gasteiger partial charge in [-0.25, -0.2) is 0 Å². The van der Waals surface area contributed by atoms with Gasteiger partial charge >= 0.3 is 0 Å². The van der Waals surface area contributed by atoms with E-state index in [-0.39, 0.29) is 28.7 Å². The van der Waals surface area contributed by atoms with Crippen molar-refractivity contribution in [3.8, 4) is 0 Å². The van der Waals surface area contributed by atoms with Crippen LogP contribution >= 0.6 is 0 Å². The first-order valence-corrected chi connectivity index (χ1v) is 6.16. The molecule has 94 valence electrons. The first-order valence-electron chi connectivity index (χ1n) is 6.16. The topological polar surface area (TPSA) is 55.1 Å². The Morgan fingerprint density at radius 3 is 1.94 bits per heavy atom. The van der Waals surface area contributed by atoms with Gasteiger partial charge in [0.2, 0.25) is 5.91 Å². The van der Waals surface area contributed by atoms with Crippen molar-refractivity contribution in [1.82, 2.24) is 5.32 Å². The molecule has 1 aliphatic carbocycles. The standard InChI is InChI=1S/C13H26N2O/c1-8(2)9(7-14)15-11(16)10-12(3,4)13(10,5)6/h8-10H,7,14H2,1-6H3,(H,15,16). The van der Waals surface area contributed by atoms with Crippen LogP contribution in [-0.4, -0.2) is 18.5 Å². The van der Waals surface area contributed by atoms with E-state index in [2.05, 4.69) is 46.9 Å². The van der Waals surface area contributed by atoms with Crippen molar-refractivity contribution in [2.75, 3.05) is 6.54 Å². The van der Waals surface area contributed by atoms with E-state index in [0.29, 0.717) is 12.5 Å². The maximum absolute atomic E-state index is 12.1. The zero-order chi connectivity index (χ0) is 12.7. The molecule has 0 aromatic heterocycles.